The highest BCUT2D eigenvalue weighted by atomic mass is 31.2. The van der Waals surface area contributed by atoms with Crippen molar-refractivity contribution in [3.8, 4) is 42.8 Å². The molecule has 0 radical (unpaired) electrons. The van der Waals surface area contributed by atoms with E-state index in [4.69, 9.17) is 52.2 Å². The molecule has 0 heterocycles. The number of hydrogen-bond acceptors (Lipinski definition) is 13. The van der Waals surface area contributed by atoms with Gasteiger partial charge in [0.2, 0.25) is 11.8 Å². The van der Waals surface area contributed by atoms with E-state index in [1.54, 1.807) is 0 Å². The van der Waals surface area contributed by atoms with E-state index < -0.39 is 25.3 Å². The van der Waals surface area contributed by atoms with Crippen molar-refractivity contribution in [3.63, 3.8) is 0 Å². The molecule has 2 atom stereocenters. The molecule has 17 nitrogen and oxygen atoms in total. The Bertz CT molecular complexity index is 1420. The molecular weight excluding hydrogens is 763 g/mol. The van der Waals surface area contributed by atoms with Gasteiger partial charge in [0.05, 0.1) is 59.5 Å². The largest absolute Gasteiger partial charge is 0.425 e. The van der Waals surface area contributed by atoms with Crippen molar-refractivity contribution in [3.05, 3.63) is 29.8 Å². The predicted molar refractivity (Wildman–Crippen MR) is 212 cm³/mol. The molecule has 1 aromatic carbocycles. The summed E-state index contributed by atoms with van der Waals surface area (Å²) < 4.78 is 48.9. The van der Waals surface area contributed by atoms with Gasteiger partial charge < -0.3 is 58.9 Å². The highest BCUT2D eigenvalue weighted by Crippen LogP contribution is 2.38. The summed E-state index contributed by atoms with van der Waals surface area (Å²) in [7, 11) is -3.93. The summed E-state index contributed by atoms with van der Waals surface area (Å²) in [5.74, 6) is 5.85. The van der Waals surface area contributed by atoms with Gasteiger partial charge >= 0.3 is 7.60 Å². The van der Waals surface area contributed by atoms with Crippen LogP contribution in [0.25, 0.3) is 0 Å². The molecule has 0 aliphatic heterocycles. The standard InChI is InChI=1S/C39H59N4O13P/c1-5-20-50-26-29-53-23-17-40-35(44)11-14-39(15-12-36(45)41-18-24-54-30-27-51-21-6-2,16-13-37(46)42-19-25-55-31-28-52-22-7-3)43-38(47)33-9-8-10-34(32-33)56-57(4,48)49/h1-3,8-10,32,35,40,44H,11-31H2,4H3,(H,41,45)(H,42,46)(H,43,47)(H,48,49). The van der Waals surface area contributed by atoms with Crippen molar-refractivity contribution in [1.82, 2.24) is 21.3 Å². The Hall–Kier alpha value is -4.02. The number of amides is 3. The van der Waals surface area contributed by atoms with Crippen molar-refractivity contribution in [1.29, 1.82) is 0 Å². The van der Waals surface area contributed by atoms with Crippen LogP contribution in [0.1, 0.15) is 48.9 Å². The molecule has 0 aromatic heterocycles. The molecule has 57 heavy (non-hydrogen) atoms. The Morgan fingerprint density at radius 1 is 0.737 bits per heavy atom. The zero-order valence-corrected chi connectivity index (χ0v) is 33.7. The van der Waals surface area contributed by atoms with Gasteiger partial charge in [-0.3, -0.25) is 19.7 Å². The van der Waals surface area contributed by atoms with Gasteiger partial charge in [0.25, 0.3) is 5.91 Å². The first-order valence-electron chi connectivity index (χ1n) is 18.6. The number of carbonyl (C=O) groups excluding carboxylic acids is 3. The van der Waals surface area contributed by atoms with Crippen LogP contribution in [0, 0.1) is 37.0 Å². The summed E-state index contributed by atoms with van der Waals surface area (Å²) in [6.45, 7) is 4.87. The molecule has 18 heteroatoms. The maximum atomic E-state index is 13.8. The smallest absolute Gasteiger partial charge is 0.373 e. The minimum absolute atomic E-state index is 0.000513. The number of rotatable bonds is 35. The van der Waals surface area contributed by atoms with Gasteiger partial charge in [-0.05, 0) is 43.9 Å². The normalized spacial score (nSPS) is 12.6. The van der Waals surface area contributed by atoms with Crippen LogP contribution in [0.3, 0.4) is 0 Å². The molecule has 1 rings (SSSR count). The molecular formula is C39H59N4O13P. The van der Waals surface area contributed by atoms with Crippen molar-refractivity contribution < 1.29 is 61.9 Å². The molecule has 0 saturated heterocycles. The fraction of sp³-hybridized carbons (Fsp3) is 0.615. The third-order valence-electron chi connectivity index (χ3n) is 7.74. The lowest BCUT2D eigenvalue weighted by molar-refractivity contribution is -0.121. The second-order valence-electron chi connectivity index (χ2n) is 12.5. The van der Waals surface area contributed by atoms with Crippen molar-refractivity contribution in [2.75, 3.05) is 106 Å². The zero-order chi connectivity index (χ0) is 42.0. The Morgan fingerprint density at radius 2 is 1.21 bits per heavy atom. The van der Waals surface area contributed by atoms with Crippen molar-refractivity contribution >= 4 is 25.3 Å². The molecule has 0 fully saturated rings. The zero-order valence-electron chi connectivity index (χ0n) is 32.8. The molecule has 0 saturated carbocycles. The van der Waals surface area contributed by atoms with E-state index in [1.165, 1.54) is 24.3 Å². The van der Waals surface area contributed by atoms with E-state index in [2.05, 4.69) is 39.0 Å². The van der Waals surface area contributed by atoms with E-state index in [1.807, 2.05) is 0 Å². The quantitative estimate of drug-likeness (QED) is 0.0242. The first-order valence-corrected chi connectivity index (χ1v) is 20.6. The second kappa shape index (κ2) is 32.0. The first-order chi connectivity index (χ1) is 27.4. The third-order valence-corrected chi connectivity index (χ3v) is 8.29. The highest BCUT2D eigenvalue weighted by Gasteiger charge is 2.34. The number of hydrogen-bond donors (Lipinski definition) is 6. The van der Waals surface area contributed by atoms with E-state index in [0.29, 0.717) is 46.2 Å². The summed E-state index contributed by atoms with van der Waals surface area (Å²) in [5.41, 5.74) is -1.09. The Morgan fingerprint density at radius 3 is 1.68 bits per heavy atom. The number of aliphatic hydroxyl groups excluding tert-OH is 1. The molecule has 0 aliphatic rings. The van der Waals surface area contributed by atoms with Crippen LogP contribution < -0.4 is 25.8 Å². The topological polar surface area (TPSA) is 221 Å². The minimum Gasteiger partial charge on any atom is -0.425 e. The first kappa shape index (κ1) is 51.0. The molecule has 6 N–H and O–H groups in total. The summed E-state index contributed by atoms with van der Waals surface area (Å²) in [6, 6.07) is 5.73. The van der Waals surface area contributed by atoms with Gasteiger partial charge in [0.1, 0.15) is 31.8 Å². The third kappa shape index (κ3) is 28.1. The number of carbonyl (C=O) groups is 3. The van der Waals surface area contributed by atoms with Gasteiger partial charge in [-0.15, -0.1) is 19.3 Å². The van der Waals surface area contributed by atoms with Crippen LogP contribution in [-0.2, 0) is 42.6 Å². The summed E-state index contributed by atoms with van der Waals surface area (Å²) >= 11 is 0. The maximum Gasteiger partial charge on any atom is 0.373 e. The number of nitrogens with one attached hydrogen (secondary N) is 4. The highest BCUT2D eigenvalue weighted by molar-refractivity contribution is 7.52. The lowest BCUT2D eigenvalue weighted by Crippen LogP contribution is -2.51. The lowest BCUT2D eigenvalue weighted by Gasteiger charge is -2.36. The van der Waals surface area contributed by atoms with Gasteiger partial charge in [-0.25, -0.2) is 4.57 Å². The summed E-state index contributed by atoms with van der Waals surface area (Å²) in [6.07, 6.45) is 14.8. The van der Waals surface area contributed by atoms with Crippen molar-refractivity contribution in [2.45, 2.75) is 50.3 Å². The summed E-state index contributed by atoms with van der Waals surface area (Å²) in [4.78, 5) is 49.7. The van der Waals surface area contributed by atoms with Crippen LogP contribution in [0.15, 0.2) is 24.3 Å². The van der Waals surface area contributed by atoms with E-state index in [-0.39, 0.29) is 114 Å². The lowest BCUT2D eigenvalue weighted by atomic mass is 9.82. The van der Waals surface area contributed by atoms with E-state index >= 15 is 0 Å². The fourth-order valence-electron chi connectivity index (χ4n) is 5.04. The Kier molecular flexibility index (Phi) is 28.6. The van der Waals surface area contributed by atoms with Gasteiger partial charge in [-0.2, -0.15) is 0 Å². The Balaban J connectivity index is 3.11. The van der Waals surface area contributed by atoms with Crippen LogP contribution in [0.2, 0.25) is 0 Å². The molecule has 0 spiro atoms. The van der Waals surface area contributed by atoms with E-state index in [0.717, 1.165) is 6.66 Å². The molecule has 318 valence electrons. The number of benzene rings is 1. The van der Waals surface area contributed by atoms with Crippen LogP contribution in [0.4, 0.5) is 0 Å². The number of terminal acetylenes is 3. The molecule has 0 bridgehead atoms. The van der Waals surface area contributed by atoms with Gasteiger partial charge in [0, 0.05) is 50.2 Å². The van der Waals surface area contributed by atoms with Gasteiger partial charge in [-0.1, -0.05) is 23.8 Å². The minimum atomic E-state index is -3.93. The number of aliphatic hydroxyl groups is 1. The van der Waals surface area contributed by atoms with Crippen LogP contribution in [-0.4, -0.2) is 145 Å². The summed E-state index contributed by atoms with van der Waals surface area (Å²) in [5, 5.41) is 22.5. The van der Waals surface area contributed by atoms with Gasteiger partial charge in [0.15, 0.2) is 0 Å². The SMILES string of the molecule is C#CCOCCOCCNC(=O)CCC(CCC(=O)NCCOCCOCC#C)(CCC(O)NCCOCCOCC#C)NC(=O)c1cccc(OP(C)(=O)O)c1. The van der Waals surface area contributed by atoms with Crippen LogP contribution >= 0.6 is 7.60 Å². The molecule has 3 amide bonds. The maximum absolute atomic E-state index is 13.8. The molecule has 0 aliphatic carbocycles. The second-order valence-corrected chi connectivity index (χ2v) is 14.3. The van der Waals surface area contributed by atoms with E-state index in [9.17, 15) is 28.9 Å². The van der Waals surface area contributed by atoms with Crippen molar-refractivity contribution in [2.24, 2.45) is 0 Å². The average Bonchev–Trinajstić information content (AvgIpc) is 3.17. The fourth-order valence-corrected chi connectivity index (χ4v) is 5.54. The molecule has 2 unspecified atom stereocenters. The average molecular weight is 823 g/mol. The monoisotopic (exact) mass is 822 g/mol. The predicted octanol–water partition coefficient (Wildman–Crippen LogP) is 0.829. The van der Waals surface area contributed by atoms with Crippen LogP contribution in [0.5, 0.6) is 5.75 Å². The Labute approximate surface area is 336 Å². The molecule has 1 aromatic rings. The number of ether oxygens (including phenoxy) is 6.